The van der Waals surface area contributed by atoms with Gasteiger partial charge in [0.2, 0.25) is 0 Å². The number of nitrogens with one attached hydrogen (secondary N) is 3. The summed E-state index contributed by atoms with van der Waals surface area (Å²) in [7, 11) is 3.75. The topological polar surface area (TPSA) is 57.1 Å². The predicted octanol–water partition coefficient (Wildman–Crippen LogP) is 2.55. The Bertz CT molecular complexity index is 846. The number of nitrogens with zero attached hydrogens (tertiary/aromatic N) is 2. The molecule has 0 atom stereocenters. The van der Waals surface area contributed by atoms with E-state index in [0.717, 1.165) is 41.9 Å². The lowest BCUT2D eigenvalue weighted by Gasteiger charge is -2.11. The first-order chi connectivity index (χ1) is 11.7. The van der Waals surface area contributed by atoms with Gasteiger partial charge in [-0.05, 0) is 41.8 Å². The van der Waals surface area contributed by atoms with Gasteiger partial charge >= 0.3 is 0 Å². The molecule has 3 rings (SSSR count). The zero-order chi connectivity index (χ0) is 16.9. The van der Waals surface area contributed by atoms with Gasteiger partial charge in [-0.1, -0.05) is 0 Å². The summed E-state index contributed by atoms with van der Waals surface area (Å²) in [5, 5.41) is 7.51. The smallest absolute Gasteiger partial charge is 0.191 e. The van der Waals surface area contributed by atoms with E-state index in [1.807, 2.05) is 24.0 Å². The maximum Gasteiger partial charge on any atom is 0.191 e. The summed E-state index contributed by atoms with van der Waals surface area (Å²) >= 11 is 0. The van der Waals surface area contributed by atoms with Crippen LogP contribution in [-0.2, 0) is 20.0 Å². The Labute approximate surface area is 140 Å². The van der Waals surface area contributed by atoms with Crippen LogP contribution >= 0.6 is 0 Å². The van der Waals surface area contributed by atoms with Crippen LogP contribution < -0.4 is 10.6 Å². The highest BCUT2D eigenvalue weighted by Crippen LogP contribution is 2.19. The zero-order valence-corrected chi connectivity index (χ0v) is 13.9. The summed E-state index contributed by atoms with van der Waals surface area (Å²) in [5.74, 6) is 0.543. The van der Waals surface area contributed by atoms with Crippen molar-refractivity contribution >= 4 is 16.9 Å². The minimum atomic E-state index is -0.211. The fourth-order valence-corrected chi connectivity index (χ4v) is 2.74. The van der Waals surface area contributed by atoms with Crippen molar-refractivity contribution in [1.29, 1.82) is 0 Å². The number of fused-ring (bicyclic) bond motifs is 1. The van der Waals surface area contributed by atoms with E-state index >= 15 is 0 Å². The molecular formula is C18H22FN5. The minimum absolute atomic E-state index is 0.211. The van der Waals surface area contributed by atoms with E-state index in [2.05, 4.69) is 32.9 Å². The van der Waals surface area contributed by atoms with E-state index in [9.17, 15) is 4.39 Å². The van der Waals surface area contributed by atoms with Gasteiger partial charge in [0.05, 0.1) is 0 Å². The molecule has 0 aliphatic carbocycles. The molecule has 5 nitrogen and oxygen atoms in total. The van der Waals surface area contributed by atoms with Gasteiger partial charge in [-0.3, -0.25) is 4.99 Å². The van der Waals surface area contributed by atoms with Crippen molar-refractivity contribution in [3.8, 4) is 0 Å². The van der Waals surface area contributed by atoms with Crippen LogP contribution in [0.1, 0.15) is 11.1 Å². The fourth-order valence-electron chi connectivity index (χ4n) is 2.74. The highest BCUT2D eigenvalue weighted by Gasteiger charge is 2.05. The van der Waals surface area contributed by atoms with E-state index < -0.39 is 0 Å². The largest absolute Gasteiger partial charge is 0.361 e. The van der Waals surface area contributed by atoms with Crippen molar-refractivity contribution in [2.45, 2.75) is 13.0 Å². The fraction of sp³-hybridized carbons (Fsp3) is 0.278. The Balaban J connectivity index is 1.53. The van der Waals surface area contributed by atoms with E-state index in [1.165, 1.54) is 11.6 Å². The van der Waals surface area contributed by atoms with Gasteiger partial charge in [0, 0.05) is 56.7 Å². The van der Waals surface area contributed by atoms with Gasteiger partial charge in [0.15, 0.2) is 5.96 Å². The number of aromatic nitrogens is 2. The zero-order valence-electron chi connectivity index (χ0n) is 13.9. The average molecular weight is 327 g/mol. The van der Waals surface area contributed by atoms with Gasteiger partial charge in [-0.25, -0.2) is 4.39 Å². The normalized spacial score (nSPS) is 11.9. The molecule has 0 radical (unpaired) electrons. The second-order valence-electron chi connectivity index (χ2n) is 5.79. The Morgan fingerprint density at radius 1 is 1.29 bits per heavy atom. The number of benzene rings is 1. The maximum atomic E-state index is 13.4. The molecule has 3 N–H and O–H groups in total. The molecule has 2 heterocycles. The number of hydrogen-bond acceptors (Lipinski definition) is 1. The summed E-state index contributed by atoms with van der Waals surface area (Å²) in [5.41, 5.74) is 3.25. The van der Waals surface area contributed by atoms with Crippen LogP contribution in [0.5, 0.6) is 0 Å². The molecule has 126 valence electrons. The molecule has 24 heavy (non-hydrogen) atoms. The van der Waals surface area contributed by atoms with Crippen LogP contribution in [0.4, 0.5) is 4.39 Å². The van der Waals surface area contributed by atoms with E-state index in [-0.39, 0.29) is 5.82 Å². The molecular weight excluding hydrogens is 305 g/mol. The molecule has 0 amide bonds. The van der Waals surface area contributed by atoms with E-state index in [4.69, 9.17) is 0 Å². The van der Waals surface area contributed by atoms with Crippen LogP contribution in [-0.4, -0.2) is 29.1 Å². The first-order valence-corrected chi connectivity index (χ1v) is 7.96. The quantitative estimate of drug-likeness (QED) is 0.498. The Morgan fingerprint density at radius 2 is 2.17 bits per heavy atom. The second kappa shape index (κ2) is 7.21. The molecule has 6 heteroatoms. The number of aliphatic imine (C=N–C) groups is 1. The predicted molar refractivity (Wildman–Crippen MR) is 95.6 cm³/mol. The molecule has 0 spiro atoms. The highest BCUT2D eigenvalue weighted by atomic mass is 19.1. The first kappa shape index (κ1) is 16.1. The number of halogens is 1. The monoisotopic (exact) mass is 327 g/mol. The molecule has 3 aromatic rings. The molecule has 0 aliphatic heterocycles. The number of rotatable bonds is 5. The highest BCUT2D eigenvalue weighted by molar-refractivity contribution is 5.83. The number of H-pyrrole nitrogens is 1. The summed E-state index contributed by atoms with van der Waals surface area (Å²) < 4.78 is 15.4. The van der Waals surface area contributed by atoms with Gasteiger partial charge in [-0.15, -0.1) is 0 Å². The van der Waals surface area contributed by atoms with Crippen molar-refractivity contribution in [1.82, 2.24) is 20.2 Å². The van der Waals surface area contributed by atoms with Crippen LogP contribution in [0.25, 0.3) is 10.9 Å². The summed E-state index contributed by atoms with van der Waals surface area (Å²) in [4.78, 5) is 7.40. The summed E-state index contributed by atoms with van der Waals surface area (Å²) in [6.07, 6.45) is 6.81. The molecule has 0 unspecified atom stereocenters. The third kappa shape index (κ3) is 3.76. The van der Waals surface area contributed by atoms with Crippen LogP contribution in [0.15, 0.2) is 47.8 Å². The standard InChI is InChI=1S/C18H22FN5/c1-20-18(23-10-13-6-8-24(2)12-13)21-7-5-14-11-22-17-4-3-15(19)9-16(14)17/h3-4,6,8-9,11-12,22H,5,7,10H2,1-2H3,(H2,20,21,23). The Hall–Kier alpha value is -2.76. The molecule has 0 bridgehead atoms. The van der Waals surface area contributed by atoms with Crippen molar-refractivity contribution in [2.24, 2.45) is 12.0 Å². The van der Waals surface area contributed by atoms with Crippen LogP contribution in [0.2, 0.25) is 0 Å². The number of hydrogen-bond donors (Lipinski definition) is 3. The van der Waals surface area contributed by atoms with Gasteiger partial charge in [0.25, 0.3) is 0 Å². The lowest BCUT2D eigenvalue weighted by molar-refractivity contribution is 0.629. The van der Waals surface area contributed by atoms with E-state index in [1.54, 1.807) is 19.2 Å². The lowest BCUT2D eigenvalue weighted by Crippen LogP contribution is -2.37. The van der Waals surface area contributed by atoms with Crippen LogP contribution in [0.3, 0.4) is 0 Å². The summed E-state index contributed by atoms with van der Waals surface area (Å²) in [6, 6.07) is 6.88. The molecule has 0 aliphatic rings. The first-order valence-electron chi connectivity index (χ1n) is 7.96. The van der Waals surface area contributed by atoms with Crippen molar-refractivity contribution < 1.29 is 4.39 Å². The Morgan fingerprint density at radius 3 is 2.92 bits per heavy atom. The lowest BCUT2D eigenvalue weighted by atomic mass is 10.1. The third-order valence-corrected chi connectivity index (χ3v) is 3.99. The molecule has 1 aromatic carbocycles. The third-order valence-electron chi connectivity index (χ3n) is 3.99. The minimum Gasteiger partial charge on any atom is -0.361 e. The van der Waals surface area contributed by atoms with Crippen LogP contribution in [0, 0.1) is 5.82 Å². The molecule has 0 saturated heterocycles. The van der Waals surface area contributed by atoms with Gasteiger partial charge < -0.3 is 20.2 Å². The molecule has 2 aromatic heterocycles. The van der Waals surface area contributed by atoms with E-state index in [0.29, 0.717) is 0 Å². The number of guanidine groups is 1. The number of aromatic amines is 1. The van der Waals surface area contributed by atoms with Crippen molar-refractivity contribution in [3.63, 3.8) is 0 Å². The Kier molecular flexibility index (Phi) is 4.84. The van der Waals surface area contributed by atoms with Gasteiger partial charge in [0.1, 0.15) is 5.82 Å². The van der Waals surface area contributed by atoms with Crippen molar-refractivity contribution in [2.75, 3.05) is 13.6 Å². The SMILES string of the molecule is CN=C(NCCc1c[nH]c2ccc(F)cc12)NCc1ccn(C)c1. The molecule has 0 fully saturated rings. The van der Waals surface area contributed by atoms with Crippen molar-refractivity contribution in [3.05, 3.63) is 59.8 Å². The second-order valence-corrected chi connectivity index (χ2v) is 5.79. The molecule has 0 saturated carbocycles. The van der Waals surface area contributed by atoms with Gasteiger partial charge in [-0.2, -0.15) is 0 Å². The maximum absolute atomic E-state index is 13.4. The average Bonchev–Trinajstić information content (AvgIpc) is 3.17. The summed E-state index contributed by atoms with van der Waals surface area (Å²) in [6.45, 7) is 1.44. The number of aryl methyl sites for hydroxylation is 1.